The second-order valence-corrected chi connectivity index (χ2v) is 5.48. The molecule has 0 saturated heterocycles. The molecule has 0 fully saturated rings. The highest BCUT2D eigenvalue weighted by Gasteiger charge is 2.27. The largest absolute Gasteiger partial charge is 0.494 e. The first-order valence-electron chi connectivity index (χ1n) is 6.95. The maximum atomic E-state index is 5.62. The molecule has 0 aromatic heterocycles. The fraction of sp³-hybridized carbons (Fsp3) is 0.625. The van der Waals surface area contributed by atoms with Gasteiger partial charge in [-0.1, -0.05) is 39.8 Å². The van der Waals surface area contributed by atoms with Gasteiger partial charge in [0.15, 0.2) is 0 Å². The summed E-state index contributed by atoms with van der Waals surface area (Å²) in [7, 11) is 2.03. The molecule has 0 bridgehead atoms. The molecule has 1 aromatic carbocycles. The van der Waals surface area contributed by atoms with Gasteiger partial charge >= 0.3 is 0 Å². The minimum Gasteiger partial charge on any atom is -0.494 e. The van der Waals surface area contributed by atoms with Crippen molar-refractivity contribution in [3.8, 4) is 5.75 Å². The highest BCUT2D eigenvalue weighted by molar-refractivity contribution is 5.30. The van der Waals surface area contributed by atoms with Gasteiger partial charge in [-0.05, 0) is 43.0 Å². The van der Waals surface area contributed by atoms with Gasteiger partial charge in [0.25, 0.3) is 0 Å². The number of hydrogen-bond donors (Lipinski definition) is 1. The average molecular weight is 249 g/mol. The van der Waals surface area contributed by atoms with Gasteiger partial charge in [0.1, 0.15) is 5.75 Å². The van der Waals surface area contributed by atoms with Crippen molar-refractivity contribution in [2.45, 2.75) is 46.6 Å². The van der Waals surface area contributed by atoms with Crippen LogP contribution in [0.15, 0.2) is 24.3 Å². The molecule has 0 saturated carbocycles. The molecule has 0 aliphatic rings. The number of rotatable bonds is 7. The smallest absolute Gasteiger partial charge is 0.119 e. The van der Waals surface area contributed by atoms with Crippen molar-refractivity contribution in [1.82, 2.24) is 5.32 Å². The third kappa shape index (κ3) is 3.74. The van der Waals surface area contributed by atoms with Gasteiger partial charge in [0.2, 0.25) is 0 Å². The van der Waals surface area contributed by atoms with Crippen LogP contribution in [0.4, 0.5) is 0 Å². The van der Waals surface area contributed by atoms with Gasteiger partial charge < -0.3 is 10.1 Å². The fourth-order valence-electron chi connectivity index (χ4n) is 2.19. The molecule has 1 N–H and O–H groups in total. The first-order chi connectivity index (χ1) is 8.55. The van der Waals surface area contributed by atoms with Crippen LogP contribution in [0.25, 0.3) is 0 Å². The first-order valence-corrected chi connectivity index (χ1v) is 6.95. The highest BCUT2D eigenvalue weighted by atomic mass is 16.5. The molecule has 1 unspecified atom stereocenters. The summed E-state index contributed by atoms with van der Waals surface area (Å²) >= 11 is 0. The Kier molecular flexibility index (Phi) is 5.67. The van der Waals surface area contributed by atoms with Gasteiger partial charge in [-0.3, -0.25) is 0 Å². The topological polar surface area (TPSA) is 21.3 Å². The zero-order chi connectivity index (χ0) is 13.6. The Balaban J connectivity index is 2.82. The molecular formula is C16H27NO. The molecule has 1 aromatic rings. The molecule has 2 nitrogen and oxygen atoms in total. The van der Waals surface area contributed by atoms with E-state index in [1.807, 2.05) is 7.05 Å². The lowest BCUT2D eigenvalue weighted by Gasteiger charge is -2.33. The summed E-state index contributed by atoms with van der Waals surface area (Å²) in [5.41, 5.74) is 1.58. The summed E-state index contributed by atoms with van der Waals surface area (Å²) in [5, 5.41) is 3.43. The molecular weight excluding hydrogens is 222 g/mol. The zero-order valence-electron chi connectivity index (χ0n) is 12.4. The Morgan fingerprint density at radius 3 is 2.22 bits per heavy atom. The monoisotopic (exact) mass is 249 g/mol. The van der Waals surface area contributed by atoms with E-state index in [-0.39, 0.29) is 5.41 Å². The van der Waals surface area contributed by atoms with E-state index in [1.165, 1.54) is 5.56 Å². The van der Waals surface area contributed by atoms with Gasteiger partial charge in [-0.2, -0.15) is 0 Å². The van der Waals surface area contributed by atoms with Crippen molar-refractivity contribution < 1.29 is 4.74 Å². The maximum absolute atomic E-state index is 5.62. The van der Waals surface area contributed by atoms with E-state index >= 15 is 0 Å². The van der Waals surface area contributed by atoms with Crippen LogP contribution in [0.3, 0.4) is 0 Å². The molecule has 18 heavy (non-hydrogen) atoms. The van der Waals surface area contributed by atoms with E-state index < -0.39 is 0 Å². The molecule has 0 aliphatic heterocycles. The van der Waals surface area contributed by atoms with Crippen LogP contribution >= 0.6 is 0 Å². The third-order valence-electron chi connectivity index (χ3n) is 3.67. The molecule has 102 valence electrons. The summed E-state index contributed by atoms with van der Waals surface area (Å²) < 4.78 is 5.62. The Bertz CT molecular complexity index is 343. The Hall–Kier alpha value is -1.02. The van der Waals surface area contributed by atoms with Gasteiger partial charge in [-0.25, -0.2) is 0 Å². The van der Waals surface area contributed by atoms with E-state index in [0.29, 0.717) is 6.04 Å². The van der Waals surface area contributed by atoms with E-state index in [4.69, 9.17) is 4.74 Å². The Labute approximate surface area is 112 Å². The summed E-state index contributed by atoms with van der Waals surface area (Å²) in [5.74, 6) is 0.963. The lowest BCUT2D eigenvalue weighted by molar-refractivity contribution is 0.245. The van der Waals surface area contributed by atoms with Crippen LogP contribution in [0.1, 0.15) is 52.1 Å². The van der Waals surface area contributed by atoms with Crippen LogP contribution in [0, 0.1) is 5.41 Å². The summed E-state index contributed by atoms with van der Waals surface area (Å²) in [6.07, 6.45) is 2.19. The lowest BCUT2D eigenvalue weighted by atomic mass is 9.78. The molecule has 0 aliphatic carbocycles. The quantitative estimate of drug-likeness (QED) is 0.783. The number of benzene rings is 1. The SMILES string of the molecule is CCCOc1ccc(C(NC)C(C)(C)CC)cc1. The zero-order valence-corrected chi connectivity index (χ0v) is 12.4. The minimum absolute atomic E-state index is 0.251. The number of nitrogens with one attached hydrogen (secondary N) is 1. The molecule has 0 spiro atoms. The summed E-state index contributed by atoms with van der Waals surface area (Å²) in [6, 6.07) is 8.86. The maximum Gasteiger partial charge on any atom is 0.119 e. The minimum atomic E-state index is 0.251. The predicted molar refractivity (Wildman–Crippen MR) is 78.1 cm³/mol. The van der Waals surface area contributed by atoms with Crippen LogP contribution in [-0.4, -0.2) is 13.7 Å². The highest BCUT2D eigenvalue weighted by Crippen LogP contribution is 2.36. The van der Waals surface area contributed by atoms with Crippen molar-refractivity contribution in [3.63, 3.8) is 0 Å². The number of hydrogen-bond acceptors (Lipinski definition) is 2. The van der Waals surface area contributed by atoms with E-state index in [1.54, 1.807) is 0 Å². The first kappa shape index (κ1) is 15.0. The van der Waals surface area contributed by atoms with Crippen molar-refractivity contribution in [2.75, 3.05) is 13.7 Å². The molecule has 0 radical (unpaired) electrons. The predicted octanol–water partition coefficient (Wildman–Crippen LogP) is 4.17. The summed E-state index contributed by atoms with van der Waals surface area (Å²) in [4.78, 5) is 0. The van der Waals surface area contributed by atoms with Crippen LogP contribution in [0.5, 0.6) is 5.75 Å². The normalized spacial score (nSPS) is 13.4. The second kappa shape index (κ2) is 6.79. The van der Waals surface area contributed by atoms with Crippen molar-refractivity contribution in [1.29, 1.82) is 0 Å². The van der Waals surface area contributed by atoms with Crippen LogP contribution < -0.4 is 10.1 Å². The fourth-order valence-corrected chi connectivity index (χ4v) is 2.19. The molecule has 0 amide bonds. The lowest BCUT2D eigenvalue weighted by Crippen LogP contribution is -2.31. The van der Waals surface area contributed by atoms with Crippen molar-refractivity contribution in [3.05, 3.63) is 29.8 Å². The Morgan fingerprint density at radius 2 is 1.78 bits per heavy atom. The molecule has 2 heteroatoms. The molecule has 1 atom stereocenters. The number of ether oxygens (including phenoxy) is 1. The van der Waals surface area contributed by atoms with Gasteiger partial charge in [0, 0.05) is 6.04 Å². The second-order valence-electron chi connectivity index (χ2n) is 5.48. The Morgan fingerprint density at radius 1 is 1.17 bits per heavy atom. The van der Waals surface area contributed by atoms with Crippen LogP contribution in [0.2, 0.25) is 0 Å². The van der Waals surface area contributed by atoms with Gasteiger partial charge in [-0.15, -0.1) is 0 Å². The van der Waals surface area contributed by atoms with E-state index in [9.17, 15) is 0 Å². The van der Waals surface area contributed by atoms with E-state index in [0.717, 1.165) is 25.2 Å². The molecule has 0 heterocycles. The molecule has 1 rings (SSSR count). The van der Waals surface area contributed by atoms with Crippen molar-refractivity contribution >= 4 is 0 Å². The van der Waals surface area contributed by atoms with Crippen molar-refractivity contribution in [2.24, 2.45) is 5.41 Å². The van der Waals surface area contributed by atoms with Gasteiger partial charge in [0.05, 0.1) is 6.61 Å². The average Bonchev–Trinajstić information content (AvgIpc) is 2.38. The standard InChI is InChI=1S/C16H27NO/c1-6-12-18-14-10-8-13(9-11-14)15(17-5)16(3,4)7-2/h8-11,15,17H,6-7,12H2,1-5H3. The van der Waals surface area contributed by atoms with E-state index in [2.05, 4.69) is 57.3 Å². The summed E-state index contributed by atoms with van der Waals surface area (Å²) in [6.45, 7) is 9.75. The van der Waals surface area contributed by atoms with Crippen LogP contribution in [-0.2, 0) is 0 Å². The third-order valence-corrected chi connectivity index (χ3v) is 3.67.